The van der Waals surface area contributed by atoms with Crippen molar-refractivity contribution >= 4 is 23.0 Å². The van der Waals surface area contributed by atoms with Gasteiger partial charge in [0, 0.05) is 29.8 Å². The number of phenolic OH excluding ortho intramolecular Hbond substituents is 4. The van der Waals surface area contributed by atoms with E-state index in [4.69, 9.17) is 23.4 Å². The summed E-state index contributed by atoms with van der Waals surface area (Å²) in [6.07, 6.45) is -5.80. The summed E-state index contributed by atoms with van der Waals surface area (Å²) in [5.74, 6) is -2.27. The second-order valence-electron chi connectivity index (χ2n) is 10.0. The van der Waals surface area contributed by atoms with Gasteiger partial charge in [0.2, 0.25) is 6.29 Å². The van der Waals surface area contributed by atoms with Crippen molar-refractivity contribution in [2.24, 2.45) is 0 Å². The van der Waals surface area contributed by atoms with E-state index in [0.29, 0.717) is 5.56 Å². The van der Waals surface area contributed by atoms with Crippen LogP contribution in [-0.4, -0.2) is 86.1 Å². The first-order valence-electron chi connectivity index (χ1n) is 13.4. The van der Waals surface area contributed by atoms with Gasteiger partial charge in [-0.2, -0.15) is 0 Å². The Labute approximate surface area is 253 Å². The summed E-state index contributed by atoms with van der Waals surface area (Å²) in [7, 11) is 1.39. The summed E-state index contributed by atoms with van der Waals surface area (Å²) in [5, 5.41) is 71.0. The summed E-state index contributed by atoms with van der Waals surface area (Å²) in [6, 6.07) is 11.6. The number of ether oxygens (including phenoxy) is 4. The minimum atomic E-state index is -1.79. The van der Waals surface area contributed by atoms with Crippen LogP contribution in [0.15, 0.2) is 69.9 Å². The number of phenols is 4. The number of rotatable bonds is 8. The Hall–Kier alpha value is -5.28. The summed E-state index contributed by atoms with van der Waals surface area (Å²) in [6.45, 7) is -0.553. The van der Waals surface area contributed by atoms with Gasteiger partial charge in [0.05, 0.1) is 7.11 Å². The monoisotopic (exact) mass is 624 g/mol. The van der Waals surface area contributed by atoms with Crippen LogP contribution in [0.5, 0.6) is 34.5 Å². The van der Waals surface area contributed by atoms with Crippen LogP contribution in [0.25, 0.3) is 28.4 Å². The molecular weight excluding hydrogens is 596 g/mol. The van der Waals surface area contributed by atoms with Crippen LogP contribution in [0, 0.1) is 0 Å². The smallest absolute Gasteiger partial charge is 0.330 e. The molecule has 7 N–H and O–H groups in total. The van der Waals surface area contributed by atoms with Crippen LogP contribution in [-0.2, 0) is 14.3 Å². The number of hydrogen-bond donors (Lipinski definition) is 7. The lowest BCUT2D eigenvalue weighted by molar-refractivity contribution is -0.278. The number of hydrogen-bond acceptors (Lipinski definition) is 14. The quantitative estimate of drug-likeness (QED) is 0.0842. The first kappa shape index (κ1) is 31.2. The molecule has 1 saturated heterocycles. The van der Waals surface area contributed by atoms with E-state index in [1.807, 2.05) is 0 Å². The summed E-state index contributed by atoms with van der Waals surface area (Å²) >= 11 is 0. The van der Waals surface area contributed by atoms with E-state index in [1.54, 1.807) is 6.07 Å². The molecule has 14 heteroatoms. The average molecular weight is 625 g/mol. The maximum absolute atomic E-state index is 12.8. The van der Waals surface area contributed by atoms with Crippen molar-refractivity contribution in [1.82, 2.24) is 0 Å². The van der Waals surface area contributed by atoms with Crippen molar-refractivity contribution in [3.63, 3.8) is 0 Å². The molecule has 0 saturated carbocycles. The first-order chi connectivity index (χ1) is 21.4. The van der Waals surface area contributed by atoms with Gasteiger partial charge in [-0.3, -0.25) is 4.79 Å². The number of benzene rings is 3. The molecule has 1 fully saturated rings. The third-order valence-electron chi connectivity index (χ3n) is 6.97. The van der Waals surface area contributed by atoms with Crippen LogP contribution >= 0.6 is 0 Å². The van der Waals surface area contributed by atoms with Crippen LogP contribution in [0.3, 0.4) is 0 Å². The number of aliphatic hydroxyl groups is 3. The number of carbonyl (C=O) groups is 1. The minimum absolute atomic E-state index is 0.00781. The Balaban J connectivity index is 1.31. The molecule has 0 aliphatic carbocycles. The van der Waals surface area contributed by atoms with E-state index < -0.39 is 60.2 Å². The lowest BCUT2D eigenvalue weighted by Crippen LogP contribution is -2.60. The highest BCUT2D eigenvalue weighted by molar-refractivity contribution is 5.87. The maximum Gasteiger partial charge on any atom is 0.330 e. The predicted octanol–water partition coefficient (Wildman–Crippen LogP) is 1.73. The SMILES string of the molecule is COc1ccc(C=CC(=O)OC[C@H]2O[C@@H](Oc3cc(O)c4c(=O)cc(-c5ccc(O)c(O)c5)oc4c3)[C@H](O)[C@@H](O)[C@@H]2O)cc1O. The molecule has 0 bridgehead atoms. The maximum atomic E-state index is 12.8. The number of aliphatic hydroxyl groups excluding tert-OH is 3. The predicted molar refractivity (Wildman–Crippen MR) is 155 cm³/mol. The Kier molecular flexibility index (Phi) is 8.83. The molecule has 236 valence electrons. The van der Waals surface area contributed by atoms with Crippen molar-refractivity contribution in [2.75, 3.05) is 13.7 Å². The lowest BCUT2D eigenvalue weighted by atomic mass is 9.99. The van der Waals surface area contributed by atoms with E-state index in [9.17, 15) is 45.3 Å². The number of carbonyl (C=O) groups excluding carboxylic acids is 1. The van der Waals surface area contributed by atoms with Crippen LogP contribution in [0.4, 0.5) is 0 Å². The van der Waals surface area contributed by atoms with Crippen molar-refractivity contribution in [2.45, 2.75) is 30.7 Å². The number of esters is 1. The van der Waals surface area contributed by atoms with Crippen LogP contribution in [0.1, 0.15) is 5.56 Å². The van der Waals surface area contributed by atoms with Gasteiger partial charge in [-0.1, -0.05) is 6.07 Å². The molecular formula is C31H28O14. The van der Waals surface area contributed by atoms with Gasteiger partial charge in [-0.15, -0.1) is 0 Å². The number of methoxy groups -OCH3 is 1. The van der Waals surface area contributed by atoms with Gasteiger partial charge in [-0.05, 0) is 42.0 Å². The first-order valence-corrected chi connectivity index (χ1v) is 13.4. The van der Waals surface area contributed by atoms with Gasteiger partial charge in [-0.25, -0.2) is 4.79 Å². The second-order valence-corrected chi connectivity index (χ2v) is 10.0. The fourth-order valence-corrected chi connectivity index (χ4v) is 4.60. The molecule has 45 heavy (non-hydrogen) atoms. The van der Waals surface area contributed by atoms with E-state index in [2.05, 4.69) is 0 Å². The standard InChI is InChI=1S/C31H28O14/c1-41-22-6-2-14(8-19(22)34)3-7-26(37)42-13-25-28(38)29(39)30(40)31(45-25)43-16-10-20(35)27-21(36)12-23(44-24(27)11-16)15-4-5-17(32)18(33)9-15/h2-12,25,28-35,38-40H,13H2,1H3/t25-,28-,29+,30-,31-/m1/s1. The van der Waals surface area contributed by atoms with Crippen molar-refractivity contribution in [3.8, 4) is 45.8 Å². The molecule has 1 aromatic heterocycles. The largest absolute Gasteiger partial charge is 0.507 e. The second kappa shape index (κ2) is 12.8. The average Bonchev–Trinajstić information content (AvgIpc) is 3.00. The normalized spacial score (nSPS) is 21.6. The number of aromatic hydroxyl groups is 4. The van der Waals surface area contributed by atoms with E-state index >= 15 is 0 Å². The molecule has 1 aliphatic heterocycles. The topological polar surface area (TPSA) is 226 Å². The Bertz CT molecular complexity index is 1810. The third kappa shape index (κ3) is 6.63. The Morgan fingerprint density at radius 3 is 2.36 bits per heavy atom. The van der Waals surface area contributed by atoms with Gasteiger partial charge in [0.15, 0.2) is 28.4 Å². The van der Waals surface area contributed by atoms with Gasteiger partial charge >= 0.3 is 5.97 Å². The Morgan fingerprint density at radius 2 is 1.64 bits per heavy atom. The molecule has 4 aromatic rings. The fourth-order valence-electron chi connectivity index (χ4n) is 4.60. The minimum Gasteiger partial charge on any atom is -0.507 e. The zero-order valence-electron chi connectivity index (χ0n) is 23.4. The van der Waals surface area contributed by atoms with E-state index in [0.717, 1.165) is 18.2 Å². The summed E-state index contributed by atoms with van der Waals surface area (Å²) < 4.78 is 27.1. The lowest BCUT2D eigenvalue weighted by Gasteiger charge is -2.39. The molecule has 1 aliphatic rings. The molecule has 14 nitrogen and oxygen atoms in total. The van der Waals surface area contributed by atoms with Gasteiger partial charge < -0.3 is 59.1 Å². The highest BCUT2D eigenvalue weighted by Gasteiger charge is 2.45. The summed E-state index contributed by atoms with van der Waals surface area (Å²) in [5.41, 5.74) is -0.0647. The van der Waals surface area contributed by atoms with Crippen molar-refractivity contribution in [1.29, 1.82) is 0 Å². The third-order valence-corrected chi connectivity index (χ3v) is 6.97. The van der Waals surface area contributed by atoms with Crippen LogP contribution < -0.4 is 14.9 Å². The molecule has 0 amide bonds. The van der Waals surface area contributed by atoms with Gasteiger partial charge in [0.25, 0.3) is 0 Å². The highest BCUT2D eigenvalue weighted by Crippen LogP contribution is 2.35. The molecule has 0 spiro atoms. The molecule has 5 atom stereocenters. The van der Waals surface area contributed by atoms with Crippen molar-refractivity contribution < 1.29 is 63.9 Å². The summed E-state index contributed by atoms with van der Waals surface area (Å²) in [4.78, 5) is 25.0. The molecule has 0 radical (unpaired) electrons. The molecule has 0 unspecified atom stereocenters. The molecule has 3 aromatic carbocycles. The zero-order valence-corrected chi connectivity index (χ0v) is 23.4. The fraction of sp³-hybridized carbons (Fsp3) is 0.226. The molecule has 5 rings (SSSR count). The van der Waals surface area contributed by atoms with E-state index in [-0.39, 0.29) is 45.3 Å². The highest BCUT2D eigenvalue weighted by atomic mass is 16.7. The van der Waals surface area contributed by atoms with Gasteiger partial charge in [0.1, 0.15) is 59.3 Å². The zero-order chi connectivity index (χ0) is 32.4. The number of fused-ring (bicyclic) bond motifs is 1. The van der Waals surface area contributed by atoms with Crippen LogP contribution in [0.2, 0.25) is 0 Å². The van der Waals surface area contributed by atoms with E-state index in [1.165, 1.54) is 49.6 Å². The Morgan fingerprint density at radius 1 is 0.867 bits per heavy atom. The molecule has 2 heterocycles. The van der Waals surface area contributed by atoms with Crippen molar-refractivity contribution in [3.05, 3.63) is 76.5 Å².